The molecule has 1 aliphatic rings. The van der Waals surface area contributed by atoms with E-state index in [4.69, 9.17) is 4.74 Å². The summed E-state index contributed by atoms with van der Waals surface area (Å²) in [5, 5.41) is 11.1. The van der Waals surface area contributed by atoms with Crippen LogP contribution < -0.4 is 4.90 Å². The van der Waals surface area contributed by atoms with Gasteiger partial charge in [0.1, 0.15) is 0 Å². The number of carbonyl (C=O) groups excluding carboxylic acids is 2. The van der Waals surface area contributed by atoms with Crippen molar-refractivity contribution < 1.29 is 19.4 Å². The number of nitrogens with zero attached hydrogens (tertiary/aromatic N) is 4. The van der Waals surface area contributed by atoms with Crippen LogP contribution >= 0.6 is 0 Å². The molecule has 8 nitrogen and oxygen atoms in total. The van der Waals surface area contributed by atoms with E-state index in [2.05, 4.69) is 9.97 Å². The molecule has 4 rings (SSSR count). The van der Waals surface area contributed by atoms with Crippen molar-refractivity contribution in [2.45, 2.75) is 25.0 Å². The average molecular weight is 447 g/mol. The molecule has 1 saturated heterocycles. The maximum absolute atomic E-state index is 13.5. The third-order valence-electron chi connectivity index (χ3n) is 5.91. The van der Waals surface area contributed by atoms with Crippen molar-refractivity contribution in [2.75, 3.05) is 25.1 Å². The highest BCUT2D eigenvalue weighted by Gasteiger charge is 2.37. The van der Waals surface area contributed by atoms with Gasteiger partial charge >= 0.3 is 12.0 Å². The van der Waals surface area contributed by atoms with E-state index in [0.29, 0.717) is 37.4 Å². The third kappa shape index (κ3) is 5.01. The van der Waals surface area contributed by atoms with Gasteiger partial charge in [0.2, 0.25) is 5.95 Å². The highest BCUT2D eigenvalue weighted by Crippen LogP contribution is 2.33. The molecule has 0 atom stereocenters. The first-order valence-corrected chi connectivity index (χ1v) is 10.8. The van der Waals surface area contributed by atoms with Crippen molar-refractivity contribution in [2.24, 2.45) is 0 Å². The topological polar surface area (TPSA) is 95.9 Å². The molecule has 1 fully saturated rings. The zero-order chi connectivity index (χ0) is 23.3. The van der Waals surface area contributed by atoms with Crippen LogP contribution in [0.2, 0.25) is 0 Å². The molecule has 1 N–H and O–H groups in total. The number of ether oxygens (including phenoxy) is 1. The van der Waals surface area contributed by atoms with E-state index in [-0.39, 0.29) is 12.6 Å². The maximum atomic E-state index is 13.5. The van der Waals surface area contributed by atoms with E-state index < -0.39 is 11.6 Å². The lowest BCUT2D eigenvalue weighted by Gasteiger charge is -2.40. The largest absolute Gasteiger partial charge is 0.465 e. The first-order valence-electron chi connectivity index (χ1n) is 10.8. The molecule has 0 spiro atoms. The summed E-state index contributed by atoms with van der Waals surface area (Å²) in [6.07, 6.45) is 4.07. The molecule has 2 aromatic carbocycles. The Morgan fingerprint density at radius 3 is 2.24 bits per heavy atom. The van der Waals surface area contributed by atoms with Crippen LogP contribution in [0.25, 0.3) is 0 Å². The van der Waals surface area contributed by atoms with Crippen molar-refractivity contribution in [3.63, 3.8) is 0 Å². The molecule has 0 saturated carbocycles. The minimum absolute atomic E-state index is 0.228. The minimum Gasteiger partial charge on any atom is -0.465 e. The predicted octanol–water partition coefficient (Wildman–Crippen LogP) is 3.37. The fraction of sp³-hybridized carbons (Fsp3) is 0.280. The summed E-state index contributed by atoms with van der Waals surface area (Å²) < 4.78 is 4.74. The second-order valence-corrected chi connectivity index (χ2v) is 7.99. The Bertz CT molecular complexity index is 1080. The van der Waals surface area contributed by atoms with Gasteiger partial charge in [-0.25, -0.2) is 19.6 Å². The van der Waals surface area contributed by atoms with E-state index in [0.717, 1.165) is 11.1 Å². The molecule has 8 heteroatoms. The SMILES string of the molecule is COC(=O)c1ccc(CN(C(=O)N2CCC(O)(c3ccccc3)CC2)c2ncccn2)cc1. The molecule has 2 amide bonds. The van der Waals surface area contributed by atoms with Crippen LogP contribution in [0.3, 0.4) is 0 Å². The minimum atomic E-state index is -0.949. The number of benzene rings is 2. The molecular weight excluding hydrogens is 420 g/mol. The van der Waals surface area contributed by atoms with E-state index in [1.54, 1.807) is 47.6 Å². The number of hydrogen-bond donors (Lipinski definition) is 1. The first kappa shape index (κ1) is 22.4. The van der Waals surface area contributed by atoms with Gasteiger partial charge in [-0.3, -0.25) is 4.90 Å². The molecule has 0 aliphatic carbocycles. The maximum Gasteiger partial charge on any atom is 0.337 e. The summed E-state index contributed by atoms with van der Waals surface area (Å²) >= 11 is 0. The quantitative estimate of drug-likeness (QED) is 0.604. The second kappa shape index (κ2) is 9.79. The summed E-state index contributed by atoms with van der Waals surface area (Å²) in [7, 11) is 1.33. The van der Waals surface area contributed by atoms with Crippen molar-refractivity contribution in [3.8, 4) is 0 Å². The highest BCUT2D eigenvalue weighted by atomic mass is 16.5. The van der Waals surface area contributed by atoms with Crippen LogP contribution in [-0.2, 0) is 16.9 Å². The van der Waals surface area contributed by atoms with E-state index in [9.17, 15) is 14.7 Å². The Hall–Kier alpha value is -3.78. The fourth-order valence-corrected chi connectivity index (χ4v) is 3.98. The predicted molar refractivity (Wildman–Crippen MR) is 123 cm³/mol. The number of hydrogen-bond acceptors (Lipinski definition) is 6. The molecule has 0 unspecified atom stereocenters. The van der Waals surface area contributed by atoms with Crippen LogP contribution in [0.1, 0.15) is 34.3 Å². The van der Waals surface area contributed by atoms with Gasteiger partial charge in [0, 0.05) is 25.5 Å². The lowest BCUT2D eigenvalue weighted by Crippen LogP contribution is -2.50. The van der Waals surface area contributed by atoms with Gasteiger partial charge in [-0.05, 0) is 42.2 Å². The number of aliphatic hydroxyl groups is 1. The van der Waals surface area contributed by atoms with Crippen LogP contribution in [-0.4, -0.2) is 52.2 Å². The lowest BCUT2D eigenvalue weighted by molar-refractivity contribution is -0.0163. The number of likely N-dealkylation sites (tertiary alicyclic amines) is 1. The van der Waals surface area contributed by atoms with E-state index in [1.807, 2.05) is 30.3 Å². The fourth-order valence-electron chi connectivity index (χ4n) is 3.98. The molecule has 170 valence electrons. The van der Waals surface area contributed by atoms with Gasteiger partial charge in [-0.1, -0.05) is 42.5 Å². The van der Waals surface area contributed by atoms with Crippen LogP contribution in [0.4, 0.5) is 10.7 Å². The van der Waals surface area contributed by atoms with E-state index in [1.165, 1.54) is 12.0 Å². The Morgan fingerprint density at radius 2 is 1.64 bits per heavy atom. The monoisotopic (exact) mass is 446 g/mol. The number of amides is 2. The number of urea groups is 1. The molecule has 3 aromatic rings. The highest BCUT2D eigenvalue weighted by molar-refractivity contribution is 5.91. The summed E-state index contributed by atoms with van der Waals surface area (Å²) in [6.45, 7) is 1.06. The first-order chi connectivity index (χ1) is 16.0. The van der Waals surface area contributed by atoms with Crippen LogP contribution in [0.5, 0.6) is 0 Å². The lowest BCUT2D eigenvalue weighted by atomic mass is 9.84. The summed E-state index contributed by atoms with van der Waals surface area (Å²) in [4.78, 5) is 37.0. The Labute approximate surface area is 192 Å². The summed E-state index contributed by atoms with van der Waals surface area (Å²) in [6, 6.07) is 17.9. The smallest absolute Gasteiger partial charge is 0.337 e. The number of esters is 1. The second-order valence-electron chi connectivity index (χ2n) is 7.99. The molecule has 2 heterocycles. The Balaban J connectivity index is 1.51. The van der Waals surface area contributed by atoms with Crippen molar-refractivity contribution in [3.05, 3.63) is 89.7 Å². The number of anilines is 1. The van der Waals surface area contributed by atoms with Crippen molar-refractivity contribution in [1.29, 1.82) is 0 Å². The third-order valence-corrected chi connectivity index (χ3v) is 5.91. The zero-order valence-electron chi connectivity index (χ0n) is 18.4. The normalized spacial score (nSPS) is 15.0. The molecule has 1 aromatic heterocycles. The van der Waals surface area contributed by atoms with Crippen LogP contribution in [0, 0.1) is 0 Å². The van der Waals surface area contributed by atoms with Crippen molar-refractivity contribution >= 4 is 17.9 Å². The zero-order valence-corrected chi connectivity index (χ0v) is 18.4. The molecule has 1 aliphatic heterocycles. The average Bonchev–Trinajstić information content (AvgIpc) is 2.88. The molecule has 0 radical (unpaired) electrons. The molecular formula is C25H26N4O4. The van der Waals surface area contributed by atoms with Crippen LogP contribution in [0.15, 0.2) is 73.1 Å². The number of methoxy groups -OCH3 is 1. The van der Waals surface area contributed by atoms with Gasteiger partial charge in [0.05, 0.1) is 24.8 Å². The molecule has 0 bridgehead atoms. The van der Waals surface area contributed by atoms with Gasteiger partial charge in [-0.15, -0.1) is 0 Å². The van der Waals surface area contributed by atoms with Gasteiger partial charge < -0.3 is 14.7 Å². The number of rotatable bonds is 5. The molecule has 33 heavy (non-hydrogen) atoms. The van der Waals surface area contributed by atoms with Gasteiger partial charge in [0.25, 0.3) is 0 Å². The van der Waals surface area contributed by atoms with Crippen molar-refractivity contribution in [1.82, 2.24) is 14.9 Å². The summed E-state index contributed by atoms with van der Waals surface area (Å²) in [5.74, 6) is -0.122. The van der Waals surface area contributed by atoms with Gasteiger partial charge in [-0.2, -0.15) is 0 Å². The number of piperidine rings is 1. The Kier molecular flexibility index (Phi) is 6.65. The standard InChI is InChI=1S/C25H26N4O4/c1-33-22(30)20-10-8-19(9-11-20)18-29(23-26-14-5-15-27-23)24(31)28-16-12-25(32,13-17-28)21-6-3-2-4-7-21/h2-11,14-15,32H,12-13,16-18H2,1H3. The van der Waals surface area contributed by atoms with Gasteiger partial charge in [0.15, 0.2) is 0 Å². The van der Waals surface area contributed by atoms with E-state index >= 15 is 0 Å². The summed E-state index contributed by atoms with van der Waals surface area (Å²) in [5.41, 5.74) is 1.18. The number of carbonyl (C=O) groups is 2. The number of aromatic nitrogens is 2. The Morgan fingerprint density at radius 1 is 1.00 bits per heavy atom.